The van der Waals surface area contributed by atoms with Gasteiger partial charge in [-0.1, -0.05) is 12.1 Å². The first kappa shape index (κ1) is 16.4. The average molecular weight is 318 g/mol. The molecule has 1 aromatic heterocycles. The minimum Gasteiger partial charge on any atom is -0.335 e. The Morgan fingerprint density at radius 3 is 2.86 bits per heavy atom. The van der Waals surface area contributed by atoms with Crippen LogP contribution in [0.3, 0.4) is 0 Å². The van der Waals surface area contributed by atoms with Crippen LogP contribution in [0.1, 0.15) is 25.5 Å². The van der Waals surface area contributed by atoms with Gasteiger partial charge < -0.3 is 15.2 Å². The summed E-state index contributed by atoms with van der Waals surface area (Å²) in [5, 5.41) is 5.91. The summed E-state index contributed by atoms with van der Waals surface area (Å²) in [5.74, 6) is 0.901. The lowest BCUT2D eigenvalue weighted by molar-refractivity contribution is 0.235. The van der Waals surface area contributed by atoms with Crippen LogP contribution in [-0.2, 0) is 0 Å². The molecular formula is C16H22N4OS. The zero-order valence-corrected chi connectivity index (χ0v) is 13.9. The van der Waals surface area contributed by atoms with Crippen molar-refractivity contribution in [2.75, 3.05) is 12.0 Å². The van der Waals surface area contributed by atoms with Gasteiger partial charge in [-0.05, 0) is 37.8 Å². The Hall–Kier alpha value is -1.95. The van der Waals surface area contributed by atoms with Gasteiger partial charge in [0.15, 0.2) is 0 Å². The maximum Gasteiger partial charge on any atom is 0.315 e. The van der Waals surface area contributed by atoms with Crippen LogP contribution in [0.25, 0.3) is 5.69 Å². The number of carbonyl (C=O) groups excluding carboxylic acids is 1. The summed E-state index contributed by atoms with van der Waals surface area (Å²) in [6, 6.07) is 8.01. The van der Waals surface area contributed by atoms with Gasteiger partial charge in [0.1, 0.15) is 0 Å². The molecule has 22 heavy (non-hydrogen) atoms. The number of benzene rings is 1. The van der Waals surface area contributed by atoms with Crippen LogP contribution in [0.2, 0.25) is 0 Å². The molecule has 2 rings (SSSR count). The van der Waals surface area contributed by atoms with Crippen LogP contribution >= 0.6 is 11.8 Å². The zero-order valence-electron chi connectivity index (χ0n) is 13.1. The van der Waals surface area contributed by atoms with Crippen LogP contribution in [-0.4, -0.2) is 33.6 Å². The Morgan fingerprint density at radius 1 is 1.36 bits per heavy atom. The van der Waals surface area contributed by atoms with Crippen molar-refractivity contribution < 1.29 is 4.79 Å². The summed E-state index contributed by atoms with van der Waals surface area (Å²) in [4.78, 5) is 16.0. The molecule has 2 amide bonds. The second-order valence-corrected chi connectivity index (χ2v) is 6.17. The lowest BCUT2D eigenvalue weighted by Gasteiger charge is -2.18. The van der Waals surface area contributed by atoms with Crippen LogP contribution in [0.15, 0.2) is 43.0 Å². The third-order valence-electron chi connectivity index (χ3n) is 3.31. The highest BCUT2D eigenvalue weighted by molar-refractivity contribution is 7.98. The van der Waals surface area contributed by atoms with Crippen molar-refractivity contribution in [3.05, 3.63) is 48.5 Å². The molecule has 1 aromatic carbocycles. The number of hydrogen-bond acceptors (Lipinski definition) is 3. The molecule has 0 saturated heterocycles. The van der Waals surface area contributed by atoms with E-state index in [1.165, 1.54) is 0 Å². The summed E-state index contributed by atoms with van der Waals surface area (Å²) < 4.78 is 1.94. The predicted octanol–water partition coefficient (Wildman–Crippen LogP) is 2.98. The first-order valence-electron chi connectivity index (χ1n) is 7.24. The van der Waals surface area contributed by atoms with Crippen LogP contribution in [0, 0.1) is 0 Å². The van der Waals surface area contributed by atoms with Crippen molar-refractivity contribution in [2.45, 2.75) is 25.9 Å². The van der Waals surface area contributed by atoms with E-state index < -0.39 is 0 Å². The Labute approximate surface area is 135 Å². The average Bonchev–Trinajstić information content (AvgIpc) is 3.01. The molecule has 1 heterocycles. The number of thioether (sulfide) groups is 1. The molecule has 0 aliphatic heterocycles. The highest BCUT2D eigenvalue weighted by Crippen LogP contribution is 2.16. The van der Waals surface area contributed by atoms with Crippen LogP contribution in [0.5, 0.6) is 0 Å². The van der Waals surface area contributed by atoms with Gasteiger partial charge in [0.05, 0.1) is 12.4 Å². The van der Waals surface area contributed by atoms with E-state index in [0.717, 1.165) is 17.0 Å². The minimum atomic E-state index is -0.137. The smallest absolute Gasteiger partial charge is 0.315 e. The number of hydrogen-bond donors (Lipinski definition) is 2. The molecule has 0 spiro atoms. The van der Waals surface area contributed by atoms with Crippen molar-refractivity contribution in [3.63, 3.8) is 0 Å². The van der Waals surface area contributed by atoms with E-state index in [9.17, 15) is 4.79 Å². The Balaban J connectivity index is 1.99. The summed E-state index contributed by atoms with van der Waals surface area (Å²) in [6.07, 6.45) is 7.43. The van der Waals surface area contributed by atoms with Crippen molar-refractivity contribution in [2.24, 2.45) is 0 Å². The van der Waals surface area contributed by atoms with Gasteiger partial charge in [0.25, 0.3) is 0 Å². The lowest BCUT2D eigenvalue weighted by Crippen LogP contribution is -2.42. The maximum atomic E-state index is 12.0. The Bertz CT molecular complexity index is 600. The van der Waals surface area contributed by atoms with Gasteiger partial charge in [-0.15, -0.1) is 0 Å². The van der Waals surface area contributed by atoms with Gasteiger partial charge in [-0.3, -0.25) is 0 Å². The summed E-state index contributed by atoms with van der Waals surface area (Å²) in [5.41, 5.74) is 2.08. The maximum absolute atomic E-state index is 12.0. The Morgan fingerprint density at radius 2 is 2.18 bits per heavy atom. The molecule has 2 atom stereocenters. The van der Waals surface area contributed by atoms with Crippen molar-refractivity contribution in [3.8, 4) is 5.69 Å². The van der Waals surface area contributed by atoms with Gasteiger partial charge >= 0.3 is 6.03 Å². The highest BCUT2D eigenvalue weighted by Gasteiger charge is 2.12. The molecule has 2 N–H and O–H groups in total. The van der Waals surface area contributed by atoms with E-state index in [4.69, 9.17) is 0 Å². The van der Waals surface area contributed by atoms with Crippen LogP contribution < -0.4 is 10.6 Å². The number of imidazole rings is 1. The molecule has 118 valence electrons. The van der Waals surface area contributed by atoms with Gasteiger partial charge in [-0.25, -0.2) is 9.78 Å². The standard InChI is InChI=1S/C16H22N4OS/c1-12(10-22-3)18-16(21)19-13(2)14-5-4-6-15(9-14)20-8-7-17-11-20/h4-9,11-13H,10H2,1-3H3,(H2,18,19,21). The van der Waals surface area contributed by atoms with Crippen LogP contribution in [0.4, 0.5) is 4.79 Å². The third kappa shape index (κ3) is 4.53. The summed E-state index contributed by atoms with van der Waals surface area (Å²) >= 11 is 1.72. The number of nitrogens with zero attached hydrogens (tertiary/aromatic N) is 2. The van der Waals surface area contributed by atoms with Crippen molar-refractivity contribution in [1.29, 1.82) is 0 Å². The number of rotatable bonds is 6. The van der Waals surface area contributed by atoms with E-state index in [1.54, 1.807) is 24.3 Å². The van der Waals surface area contributed by atoms with Gasteiger partial charge in [0, 0.05) is 29.9 Å². The van der Waals surface area contributed by atoms with E-state index in [1.807, 2.05) is 49.1 Å². The first-order valence-corrected chi connectivity index (χ1v) is 8.63. The normalized spacial score (nSPS) is 13.4. The molecule has 0 saturated carbocycles. The predicted molar refractivity (Wildman–Crippen MR) is 91.5 cm³/mol. The molecule has 5 nitrogen and oxygen atoms in total. The quantitative estimate of drug-likeness (QED) is 0.861. The number of carbonyl (C=O) groups is 1. The fraction of sp³-hybridized carbons (Fsp3) is 0.375. The fourth-order valence-electron chi connectivity index (χ4n) is 2.20. The number of aromatic nitrogens is 2. The molecule has 0 aliphatic carbocycles. The topological polar surface area (TPSA) is 59.0 Å². The molecule has 0 fully saturated rings. The molecular weight excluding hydrogens is 296 g/mol. The fourth-order valence-corrected chi connectivity index (χ4v) is 2.79. The molecule has 6 heteroatoms. The monoisotopic (exact) mass is 318 g/mol. The molecule has 0 aliphatic rings. The lowest BCUT2D eigenvalue weighted by atomic mass is 10.1. The zero-order chi connectivity index (χ0) is 15.9. The van der Waals surface area contributed by atoms with Gasteiger partial charge in [0.2, 0.25) is 0 Å². The first-order chi connectivity index (χ1) is 10.6. The second kappa shape index (κ2) is 7.89. The highest BCUT2D eigenvalue weighted by atomic mass is 32.2. The summed E-state index contributed by atoms with van der Waals surface area (Å²) in [6.45, 7) is 3.98. The molecule has 0 bridgehead atoms. The Kier molecular flexibility index (Phi) is 5.89. The summed E-state index contributed by atoms with van der Waals surface area (Å²) in [7, 11) is 0. The largest absolute Gasteiger partial charge is 0.335 e. The molecule has 2 unspecified atom stereocenters. The van der Waals surface area contributed by atoms with Crippen molar-refractivity contribution >= 4 is 17.8 Å². The number of amides is 2. The molecule has 2 aromatic rings. The van der Waals surface area contributed by atoms with E-state index >= 15 is 0 Å². The second-order valence-electron chi connectivity index (χ2n) is 5.26. The van der Waals surface area contributed by atoms with Crippen molar-refractivity contribution in [1.82, 2.24) is 20.2 Å². The minimum absolute atomic E-state index is 0.0649. The van der Waals surface area contributed by atoms with E-state index in [2.05, 4.69) is 21.7 Å². The van der Waals surface area contributed by atoms with E-state index in [0.29, 0.717) is 0 Å². The van der Waals surface area contributed by atoms with Gasteiger partial charge in [-0.2, -0.15) is 11.8 Å². The van der Waals surface area contributed by atoms with E-state index in [-0.39, 0.29) is 18.1 Å². The SMILES string of the molecule is CSCC(C)NC(=O)NC(C)c1cccc(-n2ccnc2)c1. The third-order valence-corrected chi connectivity index (χ3v) is 4.15. The molecule has 0 radical (unpaired) electrons. The number of urea groups is 1. The number of nitrogens with one attached hydrogen (secondary N) is 2.